The van der Waals surface area contributed by atoms with Gasteiger partial charge < -0.3 is 20.3 Å². The summed E-state index contributed by atoms with van der Waals surface area (Å²) >= 11 is 0. The molecule has 1 atom stereocenters. The molecule has 1 aromatic heterocycles. The normalized spacial score (nSPS) is 16.6. The number of hydrogen-bond donors (Lipinski definition) is 2. The molecule has 0 saturated carbocycles. The van der Waals surface area contributed by atoms with Gasteiger partial charge in [0.05, 0.1) is 24.5 Å². The smallest absolute Gasteiger partial charge is 0.319 e. The fourth-order valence-corrected chi connectivity index (χ4v) is 2.73. The quantitative estimate of drug-likeness (QED) is 0.875. The molecular formula is C18H20N4O3. The molecule has 3 amide bonds. The largest absolute Gasteiger partial charge is 0.494 e. The van der Waals surface area contributed by atoms with Gasteiger partial charge in [-0.3, -0.25) is 9.78 Å². The van der Waals surface area contributed by atoms with E-state index >= 15 is 0 Å². The van der Waals surface area contributed by atoms with Crippen molar-refractivity contribution in [1.82, 2.24) is 10.3 Å². The molecule has 1 saturated heterocycles. The van der Waals surface area contributed by atoms with Gasteiger partial charge in [-0.1, -0.05) is 0 Å². The number of carbonyl (C=O) groups excluding carboxylic acids is 2. The number of rotatable bonds is 5. The van der Waals surface area contributed by atoms with E-state index in [0.717, 1.165) is 11.4 Å². The number of ether oxygens (including phenoxy) is 1. The number of hydrogen-bond acceptors (Lipinski definition) is 4. The lowest BCUT2D eigenvalue weighted by atomic mass is 10.2. The molecule has 7 nitrogen and oxygen atoms in total. The van der Waals surface area contributed by atoms with Crippen LogP contribution in [-0.2, 0) is 4.79 Å². The molecule has 0 aliphatic carbocycles. The first-order valence-electron chi connectivity index (χ1n) is 8.16. The first-order valence-corrected chi connectivity index (χ1v) is 8.16. The van der Waals surface area contributed by atoms with Gasteiger partial charge in [0.15, 0.2) is 0 Å². The Morgan fingerprint density at radius 1 is 1.32 bits per heavy atom. The van der Waals surface area contributed by atoms with E-state index in [0.29, 0.717) is 18.8 Å². The highest BCUT2D eigenvalue weighted by molar-refractivity contribution is 5.97. The predicted octanol–water partition coefficient (Wildman–Crippen LogP) is 2.41. The number of benzene rings is 1. The number of nitrogens with one attached hydrogen (secondary N) is 2. The number of anilines is 2. The summed E-state index contributed by atoms with van der Waals surface area (Å²) in [5.41, 5.74) is 1.40. The van der Waals surface area contributed by atoms with E-state index in [1.54, 1.807) is 29.4 Å². The van der Waals surface area contributed by atoms with Gasteiger partial charge in [0.25, 0.3) is 0 Å². The van der Waals surface area contributed by atoms with E-state index in [1.807, 2.05) is 31.2 Å². The van der Waals surface area contributed by atoms with Crippen molar-refractivity contribution >= 4 is 23.3 Å². The van der Waals surface area contributed by atoms with Gasteiger partial charge in [-0.05, 0) is 43.3 Å². The number of urea groups is 1. The van der Waals surface area contributed by atoms with Gasteiger partial charge in [0, 0.05) is 24.8 Å². The molecule has 0 unspecified atom stereocenters. The minimum atomic E-state index is -0.348. The van der Waals surface area contributed by atoms with Gasteiger partial charge in [0.1, 0.15) is 5.75 Å². The van der Waals surface area contributed by atoms with Crippen molar-refractivity contribution in [1.29, 1.82) is 0 Å². The highest BCUT2D eigenvalue weighted by atomic mass is 16.5. The van der Waals surface area contributed by atoms with Crippen LogP contribution in [0.5, 0.6) is 5.75 Å². The minimum Gasteiger partial charge on any atom is -0.494 e. The van der Waals surface area contributed by atoms with Gasteiger partial charge >= 0.3 is 6.03 Å². The second-order valence-electron chi connectivity index (χ2n) is 5.67. The van der Waals surface area contributed by atoms with Gasteiger partial charge in [0.2, 0.25) is 5.91 Å². The number of pyridine rings is 1. The molecule has 2 N–H and O–H groups in total. The fourth-order valence-electron chi connectivity index (χ4n) is 2.73. The maximum Gasteiger partial charge on any atom is 0.319 e. The molecule has 1 fully saturated rings. The maximum absolute atomic E-state index is 12.2. The number of amides is 3. The molecule has 7 heteroatoms. The highest BCUT2D eigenvalue weighted by Crippen LogP contribution is 2.24. The molecule has 0 radical (unpaired) electrons. The van der Waals surface area contributed by atoms with Gasteiger partial charge in [-0.2, -0.15) is 0 Å². The Labute approximate surface area is 146 Å². The Kier molecular flexibility index (Phi) is 5.13. The summed E-state index contributed by atoms with van der Waals surface area (Å²) in [5, 5.41) is 5.53. The summed E-state index contributed by atoms with van der Waals surface area (Å²) in [6.07, 6.45) is 3.46. The molecule has 2 heterocycles. The minimum absolute atomic E-state index is 0.0177. The van der Waals surface area contributed by atoms with E-state index in [9.17, 15) is 9.59 Å². The average molecular weight is 340 g/mol. The topological polar surface area (TPSA) is 83.6 Å². The highest BCUT2D eigenvalue weighted by Gasteiger charge is 2.31. The molecule has 1 aliphatic heterocycles. The zero-order valence-electron chi connectivity index (χ0n) is 13.9. The molecule has 130 valence electrons. The average Bonchev–Trinajstić information content (AvgIpc) is 2.97. The second-order valence-corrected chi connectivity index (χ2v) is 5.67. The second kappa shape index (κ2) is 7.65. The summed E-state index contributed by atoms with van der Waals surface area (Å²) in [4.78, 5) is 29.9. The predicted molar refractivity (Wildman–Crippen MR) is 94.8 cm³/mol. The molecule has 3 rings (SSSR count). The van der Waals surface area contributed by atoms with Crippen molar-refractivity contribution in [3.8, 4) is 5.75 Å². The third-order valence-corrected chi connectivity index (χ3v) is 3.84. The molecule has 0 spiro atoms. The third-order valence-electron chi connectivity index (χ3n) is 3.84. The first kappa shape index (κ1) is 16.8. The zero-order chi connectivity index (χ0) is 17.6. The van der Waals surface area contributed by atoms with E-state index < -0.39 is 0 Å². The van der Waals surface area contributed by atoms with Crippen molar-refractivity contribution in [2.45, 2.75) is 19.4 Å². The lowest BCUT2D eigenvalue weighted by Crippen LogP contribution is -2.39. The standard InChI is InChI=1S/C18H20N4O3/c1-2-25-16-7-5-15(6-8-16)22-12-14(10-17(22)23)21-18(24)20-13-4-3-9-19-11-13/h3-9,11,14H,2,10,12H2,1H3,(H2,20,21,24)/t14-/m0/s1. The van der Waals surface area contributed by atoms with Crippen molar-refractivity contribution in [3.05, 3.63) is 48.8 Å². The summed E-state index contributed by atoms with van der Waals surface area (Å²) in [6, 6.07) is 10.3. The molecule has 1 aromatic carbocycles. The van der Waals surface area contributed by atoms with Crippen LogP contribution in [0.4, 0.5) is 16.2 Å². The van der Waals surface area contributed by atoms with Gasteiger partial charge in [-0.15, -0.1) is 0 Å². The maximum atomic E-state index is 12.2. The lowest BCUT2D eigenvalue weighted by molar-refractivity contribution is -0.117. The Morgan fingerprint density at radius 2 is 2.12 bits per heavy atom. The van der Waals surface area contributed by atoms with Crippen LogP contribution in [0.15, 0.2) is 48.8 Å². The molecular weight excluding hydrogens is 320 g/mol. The summed E-state index contributed by atoms with van der Waals surface area (Å²) < 4.78 is 5.41. The van der Waals surface area contributed by atoms with Crippen molar-refractivity contribution < 1.29 is 14.3 Å². The summed E-state index contributed by atoms with van der Waals surface area (Å²) in [7, 11) is 0. The first-order chi connectivity index (χ1) is 12.2. The lowest BCUT2D eigenvalue weighted by Gasteiger charge is -2.18. The summed E-state index contributed by atoms with van der Waals surface area (Å²) in [6.45, 7) is 2.96. The van der Waals surface area contributed by atoms with E-state index in [1.165, 1.54) is 0 Å². The van der Waals surface area contributed by atoms with Crippen LogP contribution in [-0.4, -0.2) is 36.1 Å². The van der Waals surface area contributed by atoms with Crippen LogP contribution in [0.25, 0.3) is 0 Å². The monoisotopic (exact) mass is 340 g/mol. The number of carbonyl (C=O) groups is 2. The SMILES string of the molecule is CCOc1ccc(N2C[C@@H](NC(=O)Nc3cccnc3)CC2=O)cc1. The van der Waals surface area contributed by atoms with Crippen LogP contribution in [0.1, 0.15) is 13.3 Å². The van der Waals surface area contributed by atoms with Crippen LogP contribution in [0, 0.1) is 0 Å². The molecule has 25 heavy (non-hydrogen) atoms. The number of nitrogens with zero attached hydrogens (tertiary/aromatic N) is 2. The van der Waals surface area contributed by atoms with Gasteiger partial charge in [-0.25, -0.2) is 4.79 Å². The van der Waals surface area contributed by atoms with Crippen molar-refractivity contribution in [3.63, 3.8) is 0 Å². The van der Waals surface area contributed by atoms with Crippen LogP contribution < -0.4 is 20.3 Å². The van der Waals surface area contributed by atoms with Crippen LogP contribution in [0.2, 0.25) is 0 Å². The van der Waals surface area contributed by atoms with E-state index in [-0.39, 0.29) is 24.4 Å². The summed E-state index contributed by atoms with van der Waals surface area (Å²) in [5.74, 6) is 0.749. The van der Waals surface area contributed by atoms with Crippen molar-refractivity contribution in [2.75, 3.05) is 23.4 Å². The Balaban J connectivity index is 1.57. The third kappa shape index (κ3) is 4.26. The van der Waals surface area contributed by atoms with Crippen molar-refractivity contribution in [2.24, 2.45) is 0 Å². The molecule has 2 aromatic rings. The van der Waals surface area contributed by atoms with Crippen LogP contribution >= 0.6 is 0 Å². The van der Waals surface area contributed by atoms with Crippen LogP contribution in [0.3, 0.4) is 0 Å². The Bertz CT molecular complexity index is 734. The molecule has 1 aliphatic rings. The van der Waals surface area contributed by atoms with E-state index in [2.05, 4.69) is 15.6 Å². The fraction of sp³-hybridized carbons (Fsp3) is 0.278. The Morgan fingerprint density at radius 3 is 2.80 bits per heavy atom. The van der Waals surface area contributed by atoms with E-state index in [4.69, 9.17) is 4.74 Å². The molecule has 0 bridgehead atoms. The Hall–Kier alpha value is -3.09. The zero-order valence-corrected chi connectivity index (χ0v) is 13.9. The number of aromatic nitrogens is 1.